The molecule has 1 fully saturated rings. The van der Waals surface area contributed by atoms with Gasteiger partial charge < -0.3 is 19.5 Å². The molecule has 144 valence electrons. The van der Waals surface area contributed by atoms with Gasteiger partial charge in [-0.15, -0.1) is 0 Å². The molecule has 0 spiro atoms. The molecule has 0 saturated carbocycles. The number of furan rings is 1. The second-order valence-electron chi connectivity index (χ2n) is 6.51. The van der Waals surface area contributed by atoms with E-state index in [9.17, 15) is 9.18 Å². The number of carbonyl (C=O) groups excluding carboxylic acids is 1. The van der Waals surface area contributed by atoms with Crippen molar-refractivity contribution < 1.29 is 13.6 Å². The highest BCUT2D eigenvalue weighted by atomic mass is 19.1. The molecule has 1 N–H and O–H groups in total. The first-order valence-corrected chi connectivity index (χ1v) is 9.19. The molecule has 2 aromatic rings. The molecule has 1 amide bonds. The first-order valence-electron chi connectivity index (χ1n) is 9.19. The minimum atomic E-state index is -0.202. The van der Waals surface area contributed by atoms with Gasteiger partial charge in [0.1, 0.15) is 5.82 Å². The monoisotopic (exact) mass is 372 g/mol. The number of hydrogen-bond donors (Lipinski definition) is 1. The number of nitrogens with zero attached hydrogens (tertiary/aromatic N) is 3. The van der Waals surface area contributed by atoms with Crippen molar-refractivity contribution >= 4 is 11.9 Å². The minimum Gasteiger partial charge on any atom is -0.459 e. The Kier molecular flexibility index (Phi) is 6.11. The lowest BCUT2D eigenvalue weighted by molar-refractivity contribution is 0.0657. The van der Waals surface area contributed by atoms with Crippen LogP contribution in [0.15, 0.2) is 46.0 Å². The number of guanidine groups is 1. The molecule has 6 nitrogen and oxygen atoms in total. The lowest BCUT2D eigenvalue weighted by Crippen LogP contribution is -2.53. The molecule has 0 unspecified atom stereocenters. The molecular formula is C20H25FN4O2. The van der Waals surface area contributed by atoms with E-state index in [2.05, 4.69) is 15.2 Å². The van der Waals surface area contributed by atoms with Crippen molar-refractivity contribution in [3.05, 3.63) is 59.3 Å². The molecule has 2 heterocycles. The van der Waals surface area contributed by atoms with E-state index >= 15 is 0 Å². The lowest BCUT2D eigenvalue weighted by atomic mass is 10.1. The van der Waals surface area contributed by atoms with Crippen molar-refractivity contribution in [3.63, 3.8) is 0 Å². The summed E-state index contributed by atoms with van der Waals surface area (Å²) in [6.07, 6.45) is 1.51. The number of piperazine rings is 1. The van der Waals surface area contributed by atoms with Gasteiger partial charge in [0.25, 0.3) is 5.91 Å². The second kappa shape index (κ2) is 8.70. The molecule has 1 aromatic carbocycles. The van der Waals surface area contributed by atoms with Gasteiger partial charge in [-0.1, -0.05) is 12.1 Å². The quantitative estimate of drug-likeness (QED) is 0.662. The third-order valence-electron chi connectivity index (χ3n) is 4.57. The van der Waals surface area contributed by atoms with Crippen LogP contribution < -0.4 is 5.32 Å². The maximum Gasteiger partial charge on any atom is 0.289 e. The molecule has 1 saturated heterocycles. The molecule has 0 radical (unpaired) electrons. The van der Waals surface area contributed by atoms with Crippen molar-refractivity contribution in [1.29, 1.82) is 0 Å². The summed E-state index contributed by atoms with van der Waals surface area (Å²) in [4.78, 5) is 21.0. The summed E-state index contributed by atoms with van der Waals surface area (Å²) >= 11 is 0. The topological polar surface area (TPSA) is 61.1 Å². The molecule has 0 bridgehead atoms. The van der Waals surface area contributed by atoms with Crippen LogP contribution >= 0.6 is 0 Å². The van der Waals surface area contributed by atoms with E-state index in [1.165, 1.54) is 12.3 Å². The van der Waals surface area contributed by atoms with Crippen LogP contribution in [0.2, 0.25) is 0 Å². The molecule has 7 heteroatoms. The predicted octanol–water partition coefficient (Wildman–Crippen LogP) is 2.65. The largest absolute Gasteiger partial charge is 0.459 e. The summed E-state index contributed by atoms with van der Waals surface area (Å²) in [5.74, 6) is 0.899. The fourth-order valence-corrected chi connectivity index (χ4v) is 3.07. The Morgan fingerprint density at radius 1 is 1.22 bits per heavy atom. The maximum absolute atomic E-state index is 13.4. The zero-order valence-electron chi connectivity index (χ0n) is 15.7. The van der Waals surface area contributed by atoms with E-state index in [0.717, 1.165) is 18.1 Å². The van der Waals surface area contributed by atoms with E-state index in [0.29, 0.717) is 44.0 Å². The van der Waals surface area contributed by atoms with Gasteiger partial charge in [-0.2, -0.15) is 0 Å². The fraction of sp³-hybridized carbons (Fsp3) is 0.400. The van der Waals surface area contributed by atoms with E-state index in [1.807, 2.05) is 13.0 Å². The number of carbonyl (C=O) groups is 1. The Morgan fingerprint density at radius 3 is 2.59 bits per heavy atom. The Balaban J connectivity index is 1.62. The van der Waals surface area contributed by atoms with Gasteiger partial charge in [-0.05, 0) is 43.2 Å². The molecule has 1 aliphatic rings. The molecule has 0 aliphatic carbocycles. The molecule has 1 aromatic heterocycles. The van der Waals surface area contributed by atoms with Crippen molar-refractivity contribution in [1.82, 2.24) is 15.1 Å². The number of aliphatic imine (C=N–C) groups is 1. The number of halogens is 1. The average Bonchev–Trinajstić information content (AvgIpc) is 3.22. The van der Waals surface area contributed by atoms with Crippen LogP contribution in [0.4, 0.5) is 4.39 Å². The van der Waals surface area contributed by atoms with E-state index < -0.39 is 0 Å². The molecule has 27 heavy (non-hydrogen) atoms. The first-order chi connectivity index (χ1) is 13.1. The molecule has 0 atom stereocenters. The van der Waals surface area contributed by atoms with Gasteiger partial charge in [0, 0.05) is 32.7 Å². The summed E-state index contributed by atoms with van der Waals surface area (Å²) in [5.41, 5.74) is 1.59. The summed E-state index contributed by atoms with van der Waals surface area (Å²) < 4.78 is 18.6. The zero-order valence-corrected chi connectivity index (χ0v) is 15.7. The highest BCUT2D eigenvalue weighted by Gasteiger charge is 2.25. The number of hydrogen-bond acceptors (Lipinski definition) is 3. The second-order valence-corrected chi connectivity index (χ2v) is 6.51. The Hall–Kier alpha value is -2.83. The van der Waals surface area contributed by atoms with Crippen LogP contribution in [0.25, 0.3) is 0 Å². The molecule has 3 rings (SSSR count). The SMILES string of the molecule is CCNC(=NCc1ccc(F)c(C)c1)N1CCN(C(=O)c2ccco2)CC1. The van der Waals surface area contributed by atoms with Crippen LogP contribution in [0, 0.1) is 12.7 Å². The highest BCUT2D eigenvalue weighted by Crippen LogP contribution is 2.12. The van der Waals surface area contributed by atoms with Gasteiger partial charge in [-0.25, -0.2) is 9.38 Å². The Bertz CT molecular complexity index is 796. The van der Waals surface area contributed by atoms with Crippen molar-refractivity contribution in [3.8, 4) is 0 Å². The third-order valence-corrected chi connectivity index (χ3v) is 4.57. The van der Waals surface area contributed by atoms with Gasteiger partial charge in [0.2, 0.25) is 0 Å². The normalized spacial score (nSPS) is 15.1. The molecule has 1 aliphatic heterocycles. The Labute approximate surface area is 158 Å². The van der Waals surface area contributed by atoms with Crippen LogP contribution in [0.5, 0.6) is 0 Å². The standard InChI is InChI=1S/C20H25FN4O2/c1-3-22-20(23-14-16-6-7-17(21)15(2)13-16)25-10-8-24(9-11-25)19(26)18-5-4-12-27-18/h4-7,12-13H,3,8-11,14H2,1-2H3,(H,22,23). The van der Waals surface area contributed by atoms with Crippen molar-refractivity contribution in [2.75, 3.05) is 32.7 Å². The Morgan fingerprint density at radius 2 is 1.96 bits per heavy atom. The van der Waals surface area contributed by atoms with E-state index in [-0.39, 0.29) is 11.7 Å². The fourth-order valence-electron chi connectivity index (χ4n) is 3.07. The van der Waals surface area contributed by atoms with Crippen LogP contribution in [0.1, 0.15) is 28.6 Å². The average molecular weight is 372 g/mol. The summed E-state index contributed by atoms with van der Waals surface area (Å²) in [6.45, 7) is 7.62. The molecular weight excluding hydrogens is 347 g/mol. The summed E-state index contributed by atoms with van der Waals surface area (Å²) in [6, 6.07) is 8.46. The number of rotatable bonds is 4. The minimum absolute atomic E-state index is 0.0802. The van der Waals surface area contributed by atoms with Gasteiger partial charge in [0.05, 0.1) is 12.8 Å². The predicted molar refractivity (Wildman–Crippen MR) is 102 cm³/mol. The number of nitrogens with one attached hydrogen (secondary N) is 1. The number of aryl methyl sites for hydroxylation is 1. The van der Waals surface area contributed by atoms with Crippen molar-refractivity contribution in [2.24, 2.45) is 4.99 Å². The number of amides is 1. The number of benzene rings is 1. The first kappa shape index (κ1) is 18.9. The maximum atomic E-state index is 13.4. The summed E-state index contributed by atoms with van der Waals surface area (Å²) in [5, 5.41) is 3.30. The lowest BCUT2D eigenvalue weighted by Gasteiger charge is -2.36. The van der Waals surface area contributed by atoms with Gasteiger partial charge in [0.15, 0.2) is 11.7 Å². The van der Waals surface area contributed by atoms with E-state index in [4.69, 9.17) is 4.42 Å². The highest BCUT2D eigenvalue weighted by molar-refractivity contribution is 5.91. The summed E-state index contributed by atoms with van der Waals surface area (Å²) in [7, 11) is 0. The smallest absolute Gasteiger partial charge is 0.289 e. The van der Waals surface area contributed by atoms with Crippen LogP contribution in [0.3, 0.4) is 0 Å². The van der Waals surface area contributed by atoms with Gasteiger partial charge in [-0.3, -0.25) is 4.79 Å². The van der Waals surface area contributed by atoms with Gasteiger partial charge >= 0.3 is 0 Å². The zero-order chi connectivity index (χ0) is 19.2. The van der Waals surface area contributed by atoms with E-state index in [1.54, 1.807) is 30.0 Å². The van der Waals surface area contributed by atoms with Crippen LogP contribution in [-0.2, 0) is 6.54 Å². The van der Waals surface area contributed by atoms with Crippen molar-refractivity contribution in [2.45, 2.75) is 20.4 Å². The van der Waals surface area contributed by atoms with Crippen LogP contribution in [-0.4, -0.2) is 54.4 Å². The third kappa shape index (κ3) is 4.67.